The Labute approximate surface area is 91.6 Å². The van der Waals surface area contributed by atoms with Crippen molar-refractivity contribution in [2.75, 3.05) is 51.6 Å². The van der Waals surface area contributed by atoms with E-state index in [1.165, 1.54) is 0 Å². The molecule has 15 heavy (non-hydrogen) atoms. The minimum atomic E-state index is -2.91. The third-order valence-electron chi connectivity index (χ3n) is 1.78. The SMILES string of the molecule is CCS(=O)(=O)CCOCCOCCOC. The van der Waals surface area contributed by atoms with Gasteiger partial charge in [-0.05, 0) is 0 Å². The fourth-order valence-electron chi connectivity index (χ4n) is 0.794. The topological polar surface area (TPSA) is 61.8 Å². The molecule has 0 aliphatic rings. The largest absolute Gasteiger partial charge is 0.382 e. The Balaban J connectivity index is 3.19. The van der Waals surface area contributed by atoms with Gasteiger partial charge in [0.05, 0.1) is 38.8 Å². The van der Waals surface area contributed by atoms with Crippen LogP contribution < -0.4 is 0 Å². The van der Waals surface area contributed by atoms with Crippen LogP contribution in [0.25, 0.3) is 0 Å². The van der Waals surface area contributed by atoms with Gasteiger partial charge in [0.25, 0.3) is 0 Å². The van der Waals surface area contributed by atoms with Crippen molar-refractivity contribution in [3.8, 4) is 0 Å². The minimum absolute atomic E-state index is 0.0849. The third kappa shape index (κ3) is 10.1. The van der Waals surface area contributed by atoms with Crippen LogP contribution in [0, 0.1) is 0 Å². The van der Waals surface area contributed by atoms with E-state index in [9.17, 15) is 8.42 Å². The first-order valence-electron chi connectivity index (χ1n) is 4.97. The lowest BCUT2D eigenvalue weighted by Gasteiger charge is -2.05. The van der Waals surface area contributed by atoms with E-state index < -0.39 is 9.84 Å². The van der Waals surface area contributed by atoms with Crippen LogP contribution in [0.15, 0.2) is 0 Å². The zero-order chi connectivity index (χ0) is 11.6. The van der Waals surface area contributed by atoms with Gasteiger partial charge in [-0.15, -0.1) is 0 Å². The molecule has 0 bridgehead atoms. The van der Waals surface area contributed by atoms with Crippen LogP contribution in [-0.4, -0.2) is 60.1 Å². The van der Waals surface area contributed by atoms with Gasteiger partial charge >= 0.3 is 0 Å². The Morgan fingerprint density at radius 2 is 1.47 bits per heavy atom. The molecule has 0 saturated carbocycles. The van der Waals surface area contributed by atoms with Gasteiger partial charge < -0.3 is 14.2 Å². The number of rotatable bonds is 10. The lowest BCUT2D eigenvalue weighted by Crippen LogP contribution is -2.16. The predicted octanol–water partition coefficient (Wildman–Crippen LogP) is 0.101. The Morgan fingerprint density at radius 1 is 0.933 bits per heavy atom. The van der Waals surface area contributed by atoms with Crippen LogP contribution in [0.4, 0.5) is 0 Å². The smallest absolute Gasteiger partial charge is 0.152 e. The van der Waals surface area contributed by atoms with Gasteiger partial charge in [0.1, 0.15) is 0 Å². The molecular weight excluding hydrogens is 220 g/mol. The molecule has 0 aliphatic carbocycles. The molecule has 0 saturated heterocycles. The average molecular weight is 240 g/mol. The van der Waals surface area contributed by atoms with Gasteiger partial charge in [-0.3, -0.25) is 0 Å². The summed E-state index contributed by atoms with van der Waals surface area (Å²) in [4.78, 5) is 0. The van der Waals surface area contributed by atoms with Crippen molar-refractivity contribution in [1.82, 2.24) is 0 Å². The van der Waals surface area contributed by atoms with Gasteiger partial charge in [-0.2, -0.15) is 0 Å². The van der Waals surface area contributed by atoms with Crippen LogP contribution in [-0.2, 0) is 24.0 Å². The van der Waals surface area contributed by atoms with Gasteiger partial charge in [0, 0.05) is 12.9 Å². The molecule has 0 fully saturated rings. The molecule has 6 heteroatoms. The molecule has 0 unspecified atom stereocenters. The van der Waals surface area contributed by atoms with E-state index in [4.69, 9.17) is 14.2 Å². The molecule has 0 aromatic heterocycles. The number of ether oxygens (including phenoxy) is 3. The van der Waals surface area contributed by atoms with Crippen molar-refractivity contribution in [1.29, 1.82) is 0 Å². The first kappa shape index (κ1) is 14.8. The first-order valence-corrected chi connectivity index (χ1v) is 6.79. The summed E-state index contributed by atoms with van der Waals surface area (Å²) in [6.45, 7) is 3.85. The predicted molar refractivity (Wildman–Crippen MR) is 57.8 cm³/mol. The molecule has 0 radical (unpaired) electrons. The minimum Gasteiger partial charge on any atom is -0.382 e. The highest BCUT2D eigenvalue weighted by atomic mass is 32.2. The summed E-state index contributed by atoms with van der Waals surface area (Å²) in [5.41, 5.74) is 0. The summed E-state index contributed by atoms with van der Waals surface area (Å²) >= 11 is 0. The highest BCUT2D eigenvalue weighted by Crippen LogP contribution is 1.89. The van der Waals surface area contributed by atoms with Crippen molar-refractivity contribution in [2.45, 2.75) is 6.92 Å². The summed E-state index contributed by atoms with van der Waals surface area (Å²) in [6, 6.07) is 0. The zero-order valence-electron chi connectivity index (χ0n) is 9.40. The number of sulfone groups is 1. The van der Waals surface area contributed by atoms with E-state index in [1.54, 1.807) is 14.0 Å². The Bertz CT molecular complexity index is 225. The summed E-state index contributed by atoms with van der Waals surface area (Å²) in [5.74, 6) is 0.252. The van der Waals surface area contributed by atoms with Gasteiger partial charge in [0.2, 0.25) is 0 Å². The second-order valence-electron chi connectivity index (χ2n) is 2.95. The molecule has 0 rings (SSSR count). The van der Waals surface area contributed by atoms with E-state index in [0.29, 0.717) is 26.4 Å². The van der Waals surface area contributed by atoms with Gasteiger partial charge in [0.15, 0.2) is 9.84 Å². The average Bonchev–Trinajstić information content (AvgIpc) is 2.22. The Kier molecular flexibility index (Phi) is 8.98. The highest BCUT2D eigenvalue weighted by molar-refractivity contribution is 7.91. The van der Waals surface area contributed by atoms with Gasteiger partial charge in [-0.1, -0.05) is 6.92 Å². The molecular formula is C9H20O5S. The lowest BCUT2D eigenvalue weighted by atomic mass is 10.7. The Hall–Kier alpha value is -0.170. The molecule has 0 aromatic rings. The molecule has 0 amide bonds. The molecule has 92 valence electrons. The summed E-state index contributed by atoms with van der Waals surface area (Å²) in [5, 5.41) is 0. The van der Waals surface area contributed by atoms with Crippen LogP contribution >= 0.6 is 0 Å². The normalized spacial score (nSPS) is 11.9. The van der Waals surface area contributed by atoms with Crippen molar-refractivity contribution in [2.24, 2.45) is 0 Å². The van der Waals surface area contributed by atoms with Crippen LogP contribution in [0.3, 0.4) is 0 Å². The fraction of sp³-hybridized carbons (Fsp3) is 1.00. The van der Waals surface area contributed by atoms with Crippen LogP contribution in [0.1, 0.15) is 6.92 Å². The second kappa shape index (κ2) is 9.08. The molecule has 0 aliphatic heterocycles. The molecule has 0 N–H and O–H groups in total. The number of hydrogen-bond donors (Lipinski definition) is 0. The maximum Gasteiger partial charge on any atom is 0.152 e. The van der Waals surface area contributed by atoms with Crippen LogP contribution in [0.2, 0.25) is 0 Å². The molecule has 0 spiro atoms. The van der Waals surface area contributed by atoms with Crippen molar-refractivity contribution >= 4 is 9.84 Å². The van der Waals surface area contributed by atoms with Crippen LogP contribution in [0.5, 0.6) is 0 Å². The summed E-state index contributed by atoms with van der Waals surface area (Å²) < 4.78 is 37.1. The zero-order valence-corrected chi connectivity index (χ0v) is 10.2. The Morgan fingerprint density at radius 3 is 2.00 bits per heavy atom. The first-order chi connectivity index (χ1) is 7.12. The van der Waals surface area contributed by atoms with E-state index in [1.807, 2.05) is 0 Å². The lowest BCUT2D eigenvalue weighted by molar-refractivity contribution is 0.0284. The fourth-order valence-corrected chi connectivity index (χ4v) is 1.45. The van der Waals surface area contributed by atoms with Gasteiger partial charge in [-0.25, -0.2) is 8.42 Å². The summed E-state index contributed by atoms with van der Waals surface area (Å²) in [7, 11) is -1.30. The van der Waals surface area contributed by atoms with Crippen molar-refractivity contribution < 1.29 is 22.6 Å². The quantitative estimate of drug-likeness (QED) is 0.507. The van der Waals surface area contributed by atoms with Crippen molar-refractivity contribution in [3.05, 3.63) is 0 Å². The second-order valence-corrected chi connectivity index (χ2v) is 5.43. The third-order valence-corrected chi connectivity index (χ3v) is 3.45. The standard InChI is InChI=1S/C9H20O5S/c1-3-15(10,11)9-8-14-7-6-13-5-4-12-2/h3-9H2,1-2H3. The van der Waals surface area contributed by atoms with E-state index in [-0.39, 0.29) is 18.1 Å². The summed E-state index contributed by atoms with van der Waals surface area (Å²) in [6.07, 6.45) is 0. The van der Waals surface area contributed by atoms with E-state index in [0.717, 1.165) is 0 Å². The maximum absolute atomic E-state index is 11.0. The molecule has 0 heterocycles. The number of methoxy groups -OCH3 is 1. The number of hydrogen-bond acceptors (Lipinski definition) is 5. The van der Waals surface area contributed by atoms with Crippen molar-refractivity contribution in [3.63, 3.8) is 0 Å². The molecule has 0 aromatic carbocycles. The maximum atomic E-state index is 11.0. The molecule has 0 atom stereocenters. The van der Waals surface area contributed by atoms with E-state index >= 15 is 0 Å². The highest BCUT2D eigenvalue weighted by Gasteiger charge is 2.05. The monoisotopic (exact) mass is 240 g/mol. The molecule has 5 nitrogen and oxygen atoms in total. The van der Waals surface area contributed by atoms with E-state index in [2.05, 4.69) is 0 Å².